The molecule has 1 aliphatic rings. The summed E-state index contributed by atoms with van der Waals surface area (Å²) in [7, 11) is 0.242. The van der Waals surface area contributed by atoms with Gasteiger partial charge in [0.15, 0.2) is 0 Å². The Labute approximate surface area is 177 Å². The molecule has 0 aliphatic carbocycles. The van der Waals surface area contributed by atoms with Crippen LogP contribution in [-0.4, -0.2) is 51.5 Å². The topological polar surface area (TPSA) is 86.8 Å². The summed E-state index contributed by atoms with van der Waals surface area (Å²) in [6.07, 6.45) is 0.926. The van der Waals surface area contributed by atoms with E-state index in [9.17, 15) is 18.0 Å². The van der Waals surface area contributed by atoms with Gasteiger partial charge in [-0.3, -0.25) is 9.59 Å². The molecule has 0 spiro atoms. The average molecular weight is 430 g/mol. The molecule has 1 aliphatic heterocycles. The van der Waals surface area contributed by atoms with Crippen molar-refractivity contribution in [2.24, 2.45) is 0 Å². The van der Waals surface area contributed by atoms with E-state index in [1.165, 1.54) is 17.7 Å². The third kappa shape index (κ3) is 4.71. The van der Waals surface area contributed by atoms with Gasteiger partial charge in [0.1, 0.15) is 0 Å². The van der Waals surface area contributed by atoms with Crippen molar-refractivity contribution in [3.05, 3.63) is 65.2 Å². The number of benzene rings is 2. The Morgan fingerprint density at radius 3 is 2.43 bits per heavy atom. The fourth-order valence-corrected chi connectivity index (χ4v) is 4.96. The second-order valence-corrected chi connectivity index (χ2v) is 9.50. The zero-order chi connectivity index (χ0) is 21.9. The Hall–Kier alpha value is -2.71. The number of aryl methyl sites for hydroxylation is 1. The van der Waals surface area contributed by atoms with Gasteiger partial charge in [0.2, 0.25) is 15.9 Å². The summed E-state index contributed by atoms with van der Waals surface area (Å²) in [5.74, 6) is -1.00. The number of hydrogen-bond donors (Lipinski definition) is 1. The first kappa shape index (κ1) is 22.0. The van der Waals surface area contributed by atoms with Crippen molar-refractivity contribution in [3.63, 3.8) is 0 Å². The minimum Gasteiger partial charge on any atom is -0.350 e. The van der Waals surface area contributed by atoms with E-state index in [4.69, 9.17) is 0 Å². The molecule has 0 saturated carbocycles. The van der Waals surface area contributed by atoms with Crippen LogP contribution in [0.4, 0.5) is 5.69 Å². The quantitative estimate of drug-likeness (QED) is 0.730. The van der Waals surface area contributed by atoms with Gasteiger partial charge in [0.25, 0.3) is 5.91 Å². The van der Waals surface area contributed by atoms with Crippen LogP contribution in [-0.2, 0) is 21.2 Å². The molecule has 160 valence electrons. The Morgan fingerprint density at radius 2 is 1.87 bits per heavy atom. The predicted octanol–water partition coefficient (Wildman–Crippen LogP) is 2.35. The second-order valence-electron chi connectivity index (χ2n) is 7.56. The summed E-state index contributed by atoms with van der Waals surface area (Å²) in [6.45, 7) is 2.50. The van der Waals surface area contributed by atoms with Gasteiger partial charge in [-0.1, -0.05) is 37.3 Å². The summed E-state index contributed by atoms with van der Waals surface area (Å²) in [5.41, 5.74) is 2.86. The predicted molar refractivity (Wildman–Crippen MR) is 117 cm³/mol. The van der Waals surface area contributed by atoms with Gasteiger partial charge in [-0.2, -0.15) is 0 Å². The lowest BCUT2D eigenvalue weighted by Gasteiger charge is -2.25. The molecule has 1 heterocycles. The highest BCUT2D eigenvalue weighted by Gasteiger charge is 2.36. The largest absolute Gasteiger partial charge is 0.350 e. The molecule has 2 amide bonds. The minimum absolute atomic E-state index is 0.0106. The van der Waals surface area contributed by atoms with Gasteiger partial charge in [-0.05, 0) is 49.8 Å². The molecule has 1 atom stereocenters. The van der Waals surface area contributed by atoms with Crippen LogP contribution in [0, 0.1) is 0 Å². The number of amides is 2. The van der Waals surface area contributed by atoms with Crippen LogP contribution in [0.25, 0.3) is 0 Å². The van der Waals surface area contributed by atoms with E-state index in [0.717, 1.165) is 16.3 Å². The van der Waals surface area contributed by atoms with Gasteiger partial charge in [0.05, 0.1) is 17.5 Å². The number of carbonyl (C=O) groups excluding carboxylic acids is 2. The van der Waals surface area contributed by atoms with E-state index < -0.39 is 15.9 Å². The van der Waals surface area contributed by atoms with Crippen molar-refractivity contribution >= 4 is 27.5 Å². The van der Waals surface area contributed by atoms with Crippen LogP contribution in [0.1, 0.15) is 40.9 Å². The smallest absolute Gasteiger partial charge is 0.251 e. The van der Waals surface area contributed by atoms with E-state index in [-0.39, 0.29) is 29.8 Å². The SMILES string of the molecule is CCc1ccc(C(CNC(=O)c2cccc(N3C(=O)CCS3(=O)=O)c2)N(C)C)cc1. The Kier molecular flexibility index (Phi) is 6.58. The third-order valence-corrected chi connectivity index (χ3v) is 6.96. The van der Waals surface area contributed by atoms with Crippen molar-refractivity contribution in [2.75, 3.05) is 30.7 Å². The van der Waals surface area contributed by atoms with Gasteiger partial charge >= 0.3 is 0 Å². The molecule has 7 nitrogen and oxygen atoms in total. The molecule has 8 heteroatoms. The van der Waals surface area contributed by atoms with E-state index in [2.05, 4.69) is 36.5 Å². The fraction of sp³-hybridized carbons (Fsp3) is 0.364. The zero-order valence-electron chi connectivity index (χ0n) is 17.5. The van der Waals surface area contributed by atoms with E-state index in [0.29, 0.717) is 12.1 Å². The van der Waals surface area contributed by atoms with E-state index >= 15 is 0 Å². The molecule has 1 unspecified atom stereocenters. The number of hydrogen-bond acceptors (Lipinski definition) is 5. The van der Waals surface area contributed by atoms with Crippen molar-refractivity contribution in [1.29, 1.82) is 0 Å². The Balaban J connectivity index is 1.74. The first-order chi connectivity index (χ1) is 14.2. The highest BCUT2D eigenvalue weighted by Crippen LogP contribution is 2.26. The van der Waals surface area contributed by atoms with Crippen LogP contribution < -0.4 is 9.62 Å². The number of sulfonamides is 1. The highest BCUT2D eigenvalue weighted by molar-refractivity contribution is 7.94. The van der Waals surface area contributed by atoms with Crippen molar-refractivity contribution in [1.82, 2.24) is 10.2 Å². The normalized spacial score (nSPS) is 16.7. The summed E-state index contributed by atoms with van der Waals surface area (Å²) in [5, 5.41) is 2.92. The molecular formula is C22H27N3O4S. The Morgan fingerprint density at radius 1 is 1.17 bits per heavy atom. The second kappa shape index (κ2) is 8.97. The van der Waals surface area contributed by atoms with Crippen LogP contribution in [0.5, 0.6) is 0 Å². The molecule has 0 radical (unpaired) electrons. The first-order valence-electron chi connectivity index (χ1n) is 9.92. The number of rotatable bonds is 7. The molecule has 3 rings (SSSR count). The summed E-state index contributed by atoms with van der Waals surface area (Å²) in [6, 6.07) is 14.5. The lowest BCUT2D eigenvalue weighted by atomic mass is 10.0. The maximum absolute atomic E-state index is 12.7. The van der Waals surface area contributed by atoms with Gasteiger partial charge in [0, 0.05) is 18.5 Å². The summed E-state index contributed by atoms with van der Waals surface area (Å²) in [4.78, 5) is 26.8. The minimum atomic E-state index is -3.67. The number of nitrogens with one attached hydrogen (secondary N) is 1. The van der Waals surface area contributed by atoms with Crippen LogP contribution >= 0.6 is 0 Å². The number of carbonyl (C=O) groups is 2. The number of likely N-dealkylation sites (N-methyl/N-ethyl adjacent to an activating group) is 1. The van der Waals surface area contributed by atoms with Crippen molar-refractivity contribution in [2.45, 2.75) is 25.8 Å². The molecular weight excluding hydrogens is 402 g/mol. The highest BCUT2D eigenvalue weighted by atomic mass is 32.2. The first-order valence-corrected chi connectivity index (χ1v) is 11.5. The lowest BCUT2D eigenvalue weighted by Crippen LogP contribution is -2.35. The van der Waals surface area contributed by atoms with E-state index in [1.807, 2.05) is 19.0 Å². The molecule has 0 bridgehead atoms. The summed E-state index contributed by atoms with van der Waals surface area (Å²) >= 11 is 0. The Bertz CT molecular complexity index is 1030. The number of nitrogens with zero attached hydrogens (tertiary/aromatic N) is 2. The number of anilines is 1. The van der Waals surface area contributed by atoms with E-state index in [1.54, 1.807) is 12.1 Å². The lowest BCUT2D eigenvalue weighted by molar-refractivity contribution is -0.116. The average Bonchev–Trinajstić information content (AvgIpc) is 3.00. The van der Waals surface area contributed by atoms with Crippen LogP contribution in [0.3, 0.4) is 0 Å². The summed E-state index contributed by atoms with van der Waals surface area (Å²) < 4.78 is 25.1. The molecule has 30 heavy (non-hydrogen) atoms. The van der Waals surface area contributed by atoms with Crippen LogP contribution in [0.15, 0.2) is 48.5 Å². The molecule has 0 aromatic heterocycles. The zero-order valence-corrected chi connectivity index (χ0v) is 18.3. The molecule has 1 fully saturated rings. The van der Waals surface area contributed by atoms with Gasteiger partial charge in [-0.25, -0.2) is 12.7 Å². The molecule has 2 aromatic rings. The standard InChI is InChI=1S/C22H27N3O4S/c1-4-16-8-10-17(11-9-16)20(24(2)3)15-23-22(27)18-6-5-7-19(14-18)25-21(26)12-13-30(25,28)29/h5-11,14,20H,4,12-13,15H2,1-3H3,(H,23,27). The van der Waals surface area contributed by atoms with Crippen molar-refractivity contribution in [3.8, 4) is 0 Å². The third-order valence-electron chi connectivity index (χ3n) is 5.27. The van der Waals surface area contributed by atoms with Crippen molar-refractivity contribution < 1.29 is 18.0 Å². The van der Waals surface area contributed by atoms with Gasteiger partial charge < -0.3 is 10.2 Å². The molecule has 1 saturated heterocycles. The maximum Gasteiger partial charge on any atom is 0.251 e. The van der Waals surface area contributed by atoms with Crippen LogP contribution in [0.2, 0.25) is 0 Å². The van der Waals surface area contributed by atoms with Gasteiger partial charge in [-0.15, -0.1) is 0 Å². The fourth-order valence-electron chi connectivity index (χ4n) is 3.51. The molecule has 1 N–H and O–H groups in total. The molecule has 2 aromatic carbocycles. The monoisotopic (exact) mass is 429 g/mol. The maximum atomic E-state index is 12.7.